The van der Waals surface area contributed by atoms with Crippen LogP contribution in [0.25, 0.3) is 5.69 Å². The highest BCUT2D eigenvalue weighted by atomic mass is 19.2. The normalized spacial score (nSPS) is 11.3. The zero-order valence-corrected chi connectivity index (χ0v) is 11.2. The minimum absolute atomic E-state index is 0.164. The molecular weight excluding hydrogens is 269 g/mol. The van der Waals surface area contributed by atoms with Gasteiger partial charge in [0.25, 0.3) is 0 Å². The van der Waals surface area contributed by atoms with E-state index in [4.69, 9.17) is 0 Å². The smallest absolute Gasteiger partial charge is 0.161 e. The zero-order chi connectivity index (χ0) is 14.7. The van der Waals surface area contributed by atoms with Crippen LogP contribution in [0.4, 0.5) is 13.2 Å². The van der Waals surface area contributed by atoms with Crippen molar-refractivity contribution in [1.29, 1.82) is 0 Å². The molecule has 0 amide bonds. The van der Waals surface area contributed by atoms with Crippen LogP contribution >= 0.6 is 0 Å². The summed E-state index contributed by atoms with van der Waals surface area (Å²) in [6.07, 6.45) is 1.24. The van der Waals surface area contributed by atoms with Crippen LogP contribution in [0, 0.1) is 23.4 Å². The standard InChI is InChI=1S/C13H15F3N4/c1-8(2)5-17-6-13-18-7-19-20(13)12-4-10(15)9(14)3-11(12)16/h3-4,7-8,17H,5-6H2,1-2H3. The van der Waals surface area contributed by atoms with Crippen LogP contribution < -0.4 is 5.32 Å². The van der Waals surface area contributed by atoms with E-state index in [9.17, 15) is 13.2 Å². The molecule has 20 heavy (non-hydrogen) atoms. The molecule has 0 spiro atoms. The molecule has 1 aromatic heterocycles. The summed E-state index contributed by atoms with van der Waals surface area (Å²) in [7, 11) is 0. The molecule has 1 N–H and O–H groups in total. The monoisotopic (exact) mass is 284 g/mol. The second-order valence-corrected chi connectivity index (χ2v) is 4.83. The van der Waals surface area contributed by atoms with E-state index in [1.54, 1.807) is 0 Å². The van der Waals surface area contributed by atoms with Gasteiger partial charge in [0.2, 0.25) is 0 Å². The number of rotatable bonds is 5. The van der Waals surface area contributed by atoms with Gasteiger partial charge in [-0.15, -0.1) is 0 Å². The van der Waals surface area contributed by atoms with E-state index in [1.807, 2.05) is 13.8 Å². The molecule has 0 aliphatic heterocycles. The van der Waals surface area contributed by atoms with E-state index in [0.717, 1.165) is 17.3 Å². The highest BCUT2D eigenvalue weighted by Crippen LogP contribution is 2.18. The predicted molar refractivity (Wildman–Crippen MR) is 67.8 cm³/mol. The van der Waals surface area contributed by atoms with Crippen LogP contribution in [-0.2, 0) is 6.54 Å². The van der Waals surface area contributed by atoms with Crippen molar-refractivity contribution in [3.05, 3.63) is 41.7 Å². The lowest BCUT2D eigenvalue weighted by Crippen LogP contribution is -2.21. The lowest BCUT2D eigenvalue weighted by Gasteiger charge is -2.10. The van der Waals surface area contributed by atoms with Gasteiger partial charge in [-0.25, -0.2) is 22.8 Å². The first-order valence-corrected chi connectivity index (χ1v) is 6.23. The van der Waals surface area contributed by atoms with Gasteiger partial charge < -0.3 is 5.32 Å². The Morgan fingerprint density at radius 2 is 1.85 bits per heavy atom. The third-order valence-electron chi connectivity index (χ3n) is 2.67. The first kappa shape index (κ1) is 14.5. The van der Waals surface area contributed by atoms with Crippen LogP contribution in [0.5, 0.6) is 0 Å². The molecule has 0 fully saturated rings. The van der Waals surface area contributed by atoms with E-state index in [0.29, 0.717) is 24.4 Å². The number of nitrogens with zero attached hydrogens (tertiary/aromatic N) is 3. The van der Waals surface area contributed by atoms with Crippen LogP contribution in [-0.4, -0.2) is 21.3 Å². The van der Waals surface area contributed by atoms with Crippen LogP contribution in [0.1, 0.15) is 19.7 Å². The highest BCUT2D eigenvalue weighted by molar-refractivity contribution is 5.34. The quantitative estimate of drug-likeness (QED) is 0.858. The van der Waals surface area contributed by atoms with Gasteiger partial charge in [0.15, 0.2) is 17.5 Å². The Hall–Kier alpha value is -1.89. The van der Waals surface area contributed by atoms with Gasteiger partial charge in [-0.2, -0.15) is 5.10 Å². The Morgan fingerprint density at radius 1 is 1.15 bits per heavy atom. The summed E-state index contributed by atoms with van der Waals surface area (Å²) >= 11 is 0. The summed E-state index contributed by atoms with van der Waals surface area (Å²) in [6, 6.07) is 1.27. The van der Waals surface area contributed by atoms with Crippen molar-refractivity contribution < 1.29 is 13.2 Å². The zero-order valence-electron chi connectivity index (χ0n) is 11.2. The summed E-state index contributed by atoms with van der Waals surface area (Å²) in [5.41, 5.74) is -0.164. The van der Waals surface area contributed by atoms with Crippen molar-refractivity contribution in [3.63, 3.8) is 0 Å². The fraction of sp³-hybridized carbons (Fsp3) is 0.385. The number of halogens is 3. The lowest BCUT2D eigenvalue weighted by molar-refractivity contribution is 0.489. The van der Waals surface area contributed by atoms with Gasteiger partial charge in [0, 0.05) is 12.1 Å². The van der Waals surface area contributed by atoms with Gasteiger partial charge in [-0.1, -0.05) is 13.8 Å². The molecule has 108 valence electrons. The Balaban J connectivity index is 2.25. The molecule has 0 atom stereocenters. The molecule has 0 aliphatic rings. The molecule has 0 saturated heterocycles. The maximum Gasteiger partial charge on any atom is 0.161 e. The van der Waals surface area contributed by atoms with Crippen molar-refractivity contribution in [2.24, 2.45) is 5.92 Å². The molecule has 0 bridgehead atoms. The van der Waals surface area contributed by atoms with Crippen molar-refractivity contribution in [2.75, 3.05) is 6.54 Å². The maximum absolute atomic E-state index is 13.7. The summed E-state index contributed by atoms with van der Waals surface area (Å²) in [5, 5.41) is 6.98. The Labute approximate surface area is 114 Å². The van der Waals surface area contributed by atoms with Gasteiger partial charge in [0.1, 0.15) is 17.8 Å². The fourth-order valence-electron chi connectivity index (χ4n) is 1.73. The number of benzene rings is 1. The van der Waals surface area contributed by atoms with Crippen LogP contribution in [0.3, 0.4) is 0 Å². The largest absolute Gasteiger partial charge is 0.310 e. The van der Waals surface area contributed by atoms with Gasteiger partial charge in [-0.3, -0.25) is 0 Å². The van der Waals surface area contributed by atoms with Crippen molar-refractivity contribution in [1.82, 2.24) is 20.1 Å². The number of hydrogen-bond donors (Lipinski definition) is 1. The van der Waals surface area contributed by atoms with E-state index in [-0.39, 0.29) is 5.69 Å². The second-order valence-electron chi connectivity index (χ2n) is 4.83. The molecule has 0 unspecified atom stereocenters. The minimum atomic E-state index is -1.23. The summed E-state index contributed by atoms with van der Waals surface area (Å²) < 4.78 is 41.0. The lowest BCUT2D eigenvalue weighted by atomic mass is 10.2. The van der Waals surface area contributed by atoms with Gasteiger partial charge >= 0.3 is 0 Å². The minimum Gasteiger partial charge on any atom is -0.310 e. The van der Waals surface area contributed by atoms with E-state index in [1.165, 1.54) is 6.33 Å². The van der Waals surface area contributed by atoms with Crippen molar-refractivity contribution in [3.8, 4) is 5.69 Å². The Bertz CT molecular complexity index is 595. The molecule has 2 rings (SSSR count). The summed E-state index contributed by atoms with van der Waals surface area (Å²) in [5.74, 6) is -2.37. The molecule has 0 aliphatic carbocycles. The molecule has 0 saturated carbocycles. The second kappa shape index (κ2) is 6.04. The molecule has 4 nitrogen and oxygen atoms in total. The molecule has 7 heteroatoms. The predicted octanol–water partition coefficient (Wildman–Crippen LogP) is 2.43. The third kappa shape index (κ3) is 3.16. The van der Waals surface area contributed by atoms with Crippen LogP contribution in [0.2, 0.25) is 0 Å². The van der Waals surface area contributed by atoms with Crippen molar-refractivity contribution >= 4 is 0 Å². The van der Waals surface area contributed by atoms with Gasteiger partial charge in [-0.05, 0) is 12.5 Å². The number of hydrogen-bond acceptors (Lipinski definition) is 3. The summed E-state index contributed by atoms with van der Waals surface area (Å²) in [6.45, 7) is 5.21. The molecule has 1 heterocycles. The summed E-state index contributed by atoms with van der Waals surface area (Å²) in [4.78, 5) is 3.99. The third-order valence-corrected chi connectivity index (χ3v) is 2.67. The first-order chi connectivity index (χ1) is 9.49. The SMILES string of the molecule is CC(C)CNCc1ncnn1-c1cc(F)c(F)cc1F. The fourth-order valence-corrected chi connectivity index (χ4v) is 1.73. The van der Waals surface area contributed by atoms with Gasteiger partial charge in [0.05, 0.1) is 6.54 Å². The average molecular weight is 284 g/mol. The Morgan fingerprint density at radius 3 is 2.55 bits per heavy atom. The van der Waals surface area contributed by atoms with Crippen LogP contribution in [0.15, 0.2) is 18.5 Å². The molecule has 2 aromatic rings. The number of aromatic nitrogens is 3. The average Bonchev–Trinajstić information content (AvgIpc) is 2.81. The molecular formula is C13H15F3N4. The van der Waals surface area contributed by atoms with E-state index in [2.05, 4.69) is 15.4 Å². The topological polar surface area (TPSA) is 42.7 Å². The first-order valence-electron chi connectivity index (χ1n) is 6.23. The maximum atomic E-state index is 13.7. The molecule has 0 radical (unpaired) electrons. The van der Waals surface area contributed by atoms with E-state index < -0.39 is 17.5 Å². The Kier molecular flexibility index (Phi) is 4.39. The highest BCUT2D eigenvalue weighted by Gasteiger charge is 2.15. The van der Waals surface area contributed by atoms with E-state index >= 15 is 0 Å². The molecule has 1 aromatic carbocycles. The number of nitrogens with one attached hydrogen (secondary N) is 1. The van der Waals surface area contributed by atoms with Crippen molar-refractivity contribution in [2.45, 2.75) is 20.4 Å².